The zero-order valence-corrected chi connectivity index (χ0v) is 6.65. The average molecular weight is 124 g/mol. The summed E-state index contributed by atoms with van der Waals surface area (Å²) < 4.78 is 0. The molecular weight excluding hydrogens is 109 g/mol. The fourth-order valence-corrected chi connectivity index (χ4v) is 1.14. The summed E-state index contributed by atoms with van der Waals surface area (Å²) in [7, 11) is 0. The van der Waals surface area contributed by atoms with Gasteiger partial charge in [-0.1, -0.05) is 20.8 Å². The highest BCUT2D eigenvalue weighted by molar-refractivity contribution is 6.86. The molecule has 1 nitrogen and oxygen atoms in total. The summed E-state index contributed by atoms with van der Waals surface area (Å²) in [4.78, 5) is 0. The van der Waals surface area contributed by atoms with Gasteiger partial charge in [0.2, 0.25) is 0 Å². The molecule has 0 atom stereocenters. The molecule has 0 heterocycles. The van der Waals surface area contributed by atoms with Gasteiger partial charge in [0, 0.05) is 0 Å². The molecule has 0 saturated carbocycles. The van der Waals surface area contributed by atoms with Gasteiger partial charge in [-0.05, 0) is 0 Å². The maximum atomic E-state index is 8.75. The average Bonchev–Trinajstić information content (AvgIpc) is 1.95. The first-order valence-corrected chi connectivity index (χ1v) is 3.86. The molecule has 0 rings (SSSR count). The largest absolute Gasteiger partial charge is 0.250 e. The van der Waals surface area contributed by atoms with Gasteiger partial charge in [-0.15, -0.1) is 0 Å². The number of nitrogens with zero attached hydrogens (tertiary/aromatic N) is 1. The van der Waals surface area contributed by atoms with Crippen molar-refractivity contribution in [1.82, 2.24) is 0 Å². The summed E-state index contributed by atoms with van der Waals surface area (Å²) in [5.74, 6) is 2.43. The van der Waals surface area contributed by atoms with Crippen molar-refractivity contribution in [3.05, 3.63) is 0 Å². The number of nitriles is 1. The van der Waals surface area contributed by atoms with Crippen LogP contribution in [0.1, 0.15) is 20.8 Å². The molecule has 0 aromatic heterocycles. The van der Waals surface area contributed by atoms with E-state index in [1.807, 2.05) is 0 Å². The third kappa shape index (κ3) is 1.75. The van der Waals surface area contributed by atoms with Crippen molar-refractivity contribution in [1.29, 1.82) is 5.26 Å². The van der Waals surface area contributed by atoms with Crippen molar-refractivity contribution in [2.24, 2.45) is 0 Å². The third-order valence-electron chi connectivity index (χ3n) is 2.62. The second kappa shape index (κ2) is 3.56. The van der Waals surface area contributed by atoms with E-state index in [9.17, 15) is 0 Å². The van der Waals surface area contributed by atoms with E-state index in [-0.39, 0.29) is 0 Å². The number of hydrogen-bond acceptors (Lipinski definition) is 1. The summed E-state index contributed by atoms with van der Waals surface area (Å²) in [6, 6.07) is 0. The molecule has 0 radical (unpaired) electrons. The molecule has 0 spiro atoms. The van der Waals surface area contributed by atoms with E-state index in [1.54, 1.807) is 0 Å². The van der Waals surface area contributed by atoms with E-state index in [2.05, 4.69) is 26.7 Å². The Morgan fingerprint density at radius 2 is 1.44 bits per heavy atom. The van der Waals surface area contributed by atoms with Gasteiger partial charge < -0.3 is 0 Å². The van der Waals surface area contributed by atoms with E-state index in [1.165, 1.54) is 0 Å². The zero-order chi connectivity index (χ0) is 7.33. The Balaban J connectivity index is 4.04. The summed E-state index contributed by atoms with van der Waals surface area (Å²) in [6.45, 7) is 6.32. The Bertz CT molecular complexity index is 102. The molecule has 52 valence electrons. The summed E-state index contributed by atoms with van der Waals surface area (Å²) in [5.41, 5.74) is 0. The van der Waals surface area contributed by atoms with Crippen LogP contribution in [0.3, 0.4) is 0 Å². The van der Waals surface area contributed by atoms with Gasteiger partial charge in [0.05, 0.1) is 0 Å². The molecule has 0 fully saturated rings. The quantitative estimate of drug-likeness (QED) is 0.530. The van der Waals surface area contributed by atoms with Crippen molar-refractivity contribution >= 4 is 6.15 Å². The fraction of sp³-hybridized carbons (Fsp3) is 0.857. The molecule has 2 heteroatoms. The molecule has 0 aliphatic rings. The summed E-state index contributed by atoms with van der Waals surface area (Å²) in [5, 5.41) is 8.75. The van der Waals surface area contributed by atoms with Crippen LogP contribution >= 0.6 is 0 Å². The Morgan fingerprint density at radius 1 is 1.11 bits per heavy atom. The Labute approximate surface area is 58.0 Å². The minimum Gasteiger partial charge on any atom is -0.250 e. The fourth-order valence-electron chi connectivity index (χ4n) is 1.14. The minimum atomic E-state index is -0.639. The molecule has 0 aliphatic carbocycles. The van der Waals surface area contributed by atoms with Crippen molar-refractivity contribution in [3.63, 3.8) is 0 Å². The van der Waals surface area contributed by atoms with Crippen LogP contribution in [-0.4, -0.2) is 6.15 Å². The standard InChI is InChI=1S/C7H15BN/c1-4-8(5-2,6-3)7-9/h4-6H2,1-3H3/q-1. The van der Waals surface area contributed by atoms with Crippen molar-refractivity contribution in [2.75, 3.05) is 0 Å². The van der Waals surface area contributed by atoms with Crippen LogP contribution in [0.5, 0.6) is 0 Å². The predicted octanol–water partition coefficient (Wildman–Crippen LogP) is 2.56. The second-order valence-electron chi connectivity index (χ2n) is 2.83. The molecule has 0 saturated heterocycles. The molecule has 0 bridgehead atoms. The summed E-state index contributed by atoms with van der Waals surface area (Å²) in [6.07, 6.45) is 2.50. The topological polar surface area (TPSA) is 23.8 Å². The molecule has 0 unspecified atom stereocenters. The minimum absolute atomic E-state index is 0.639. The molecular formula is C7H15BN-. The molecule has 0 aliphatic heterocycles. The highest BCUT2D eigenvalue weighted by atomic mass is 14.2. The first-order chi connectivity index (χ1) is 4.24. The van der Waals surface area contributed by atoms with Crippen LogP contribution in [0, 0.1) is 11.2 Å². The van der Waals surface area contributed by atoms with E-state index in [4.69, 9.17) is 5.26 Å². The van der Waals surface area contributed by atoms with Gasteiger partial charge in [0.15, 0.2) is 0 Å². The summed E-state index contributed by atoms with van der Waals surface area (Å²) >= 11 is 0. The SMILES string of the molecule is CC[B-](C#N)(CC)CC. The van der Waals surface area contributed by atoms with Gasteiger partial charge in [-0.2, -0.15) is 24.9 Å². The zero-order valence-electron chi connectivity index (χ0n) is 6.65. The van der Waals surface area contributed by atoms with E-state index in [0.717, 1.165) is 19.0 Å². The predicted molar refractivity (Wildman–Crippen MR) is 42.8 cm³/mol. The lowest BCUT2D eigenvalue weighted by atomic mass is 9.22. The normalized spacial score (nSPS) is 10.9. The first kappa shape index (κ1) is 8.55. The van der Waals surface area contributed by atoms with Crippen LogP contribution in [-0.2, 0) is 0 Å². The highest BCUT2D eigenvalue weighted by Crippen LogP contribution is 2.17. The van der Waals surface area contributed by atoms with Gasteiger partial charge in [-0.3, -0.25) is 0 Å². The smallest absolute Gasteiger partial charge is 0.104 e. The van der Waals surface area contributed by atoms with Crippen molar-refractivity contribution in [3.8, 4) is 5.97 Å². The van der Waals surface area contributed by atoms with Crippen molar-refractivity contribution in [2.45, 2.75) is 39.7 Å². The van der Waals surface area contributed by atoms with Gasteiger partial charge in [0.1, 0.15) is 6.15 Å². The molecule has 0 aromatic rings. The highest BCUT2D eigenvalue weighted by Gasteiger charge is 2.16. The van der Waals surface area contributed by atoms with E-state index in [0.29, 0.717) is 0 Å². The first-order valence-electron chi connectivity index (χ1n) is 3.86. The Hall–Kier alpha value is -0.445. The van der Waals surface area contributed by atoms with Gasteiger partial charge >= 0.3 is 0 Å². The molecule has 0 aromatic carbocycles. The van der Waals surface area contributed by atoms with Crippen LogP contribution in [0.2, 0.25) is 19.0 Å². The lowest BCUT2D eigenvalue weighted by Gasteiger charge is -2.26. The molecule has 9 heavy (non-hydrogen) atoms. The monoisotopic (exact) mass is 124 g/mol. The lowest BCUT2D eigenvalue weighted by molar-refractivity contribution is 1.19. The van der Waals surface area contributed by atoms with Crippen LogP contribution in [0.25, 0.3) is 0 Å². The van der Waals surface area contributed by atoms with E-state index >= 15 is 0 Å². The lowest BCUT2D eigenvalue weighted by Crippen LogP contribution is -2.28. The van der Waals surface area contributed by atoms with Gasteiger partial charge in [0.25, 0.3) is 0 Å². The van der Waals surface area contributed by atoms with Crippen LogP contribution in [0.4, 0.5) is 0 Å². The number of rotatable bonds is 3. The van der Waals surface area contributed by atoms with Crippen molar-refractivity contribution < 1.29 is 0 Å². The maximum Gasteiger partial charge on any atom is 0.104 e. The van der Waals surface area contributed by atoms with Crippen LogP contribution < -0.4 is 0 Å². The number of hydrogen-bond donors (Lipinski definition) is 0. The van der Waals surface area contributed by atoms with E-state index < -0.39 is 6.15 Å². The third-order valence-corrected chi connectivity index (χ3v) is 2.62. The second-order valence-corrected chi connectivity index (χ2v) is 2.83. The molecule has 0 N–H and O–H groups in total. The Morgan fingerprint density at radius 3 is 1.44 bits per heavy atom. The van der Waals surface area contributed by atoms with Crippen LogP contribution in [0.15, 0.2) is 0 Å². The van der Waals surface area contributed by atoms with Gasteiger partial charge in [-0.25, -0.2) is 5.26 Å². The maximum absolute atomic E-state index is 8.75. The molecule has 0 amide bonds. The Kier molecular flexibility index (Phi) is 3.38.